The van der Waals surface area contributed by atoms with E-state index in [4.69, 9.17) is 4.74 Å². The second-order valence-corrected chi connectivity index (χ2v) is 3.12. The fourth-order valence-corrected chi connectivity index (χ4v) is 1.16. The van der Waals surface area contributed by atoms with Gasteiger partial charge in [-0.1, -0.05) is 10.0 Å². The Morgan fingerprint density at radius 2 is 1.93 bits per heavy atom. The largest absolute Gasteiger partial charge is 0.521 e. The second kappa shape index (κ2) is 6.87. The zero-order valence-electron chi connectivity index (χ0n) is 8.15. The Bertz CT molecular complexity index is 315. The van der Waals surface area contributed by atoms with Crippen LogP contribution >= 0.6 is 15.9 Å². The van der Waals surface area contributed by atoms with Gasteiger partial charge in [-0.15, -0.1) is 22.0 Å². The van der Waals surface area contributed by atoms with Crippen LogP contribution in [0.25, 0.3) is 0 Å². The Kier molecular flexibility index (Phi) is 8.14. The van der Waals surface area contributed by atoms with Gasteiger partial charge in [-0.3, -0.25) is 0 Å². The van der Waals surface area contributed by atoms with E-state index in [0.29, 0.717) is 4.47 Å². The summed E-state index contributed by atoms with van der Waals surface area (Å²) < 4.78 is 41.6. The van der Waals surface area contributed by atoms with Gasteiger partial charge < -0.3 is 12.2 Å². The van der Waals surface area contributed by atoms with Crippen LogP contribution in [-0.2, 0) is 38.9 Å². The molecule has 0 aromatic heterocycles. The van der Waals surface area contributed by atoms with Crippen molar-refractivity contribution >= 4 is 15.9 Å². The number of rotatable bonds is 1. The maximum Gasteiger partial charge on any atom is 0.394 e. The van der Waals surface area contributed by atoms with Crippen LogP contribution in [0.5, 0.6) is 5.75 Å². The zero-order chi connectivity index (χ0) is 10.1. The molecule has 15 heavy (non-hydrogen) atoms. The minimum Gasteiger partial charge on any atom is -0.521 e. The summed E-state index contributed by atoms with van der Waals surface area (Å²) in [5.74, 6) is 0.145. The number of alkyl halides is 3. The Morgan fingerprint density at radius 1 is 1.40 bits per heavy atom. The van der Waals surface area contributed by atoms with Gasteiger partial charge in [0, 0.05) is 38.5 Å². The SMILES string of the molecule is COc1cc(C(F)(F)F)[c-]cc1Br.[CH3-].[Y]. The number of benzene rings is 1. The third-order valence-electron chi connectivity index (χ3n) is 1.39. The van der Waals surface area contributed by atoms with Crippen molar-refractivity contribution in [2.24, 2.45) is 0 Å². The summed E-state index contributed by atoms with van der Waals surface area (Å²) in [6.07, 6.45) is -4.38. The molecule has 0 saturated heterocycles. The number of halogens is 4. The van der Waals surface area contributed by atoms with E-state index in [1.165, 1.54) is 13.2 Å². The molecule has 0 N–H and O–H groups in total. The molecule has 0 aliphatic carbocycles. The van der Waals surface area contributed by atoms with Gasteiger partial charge in [0.15, 0.2) is 0 Å². The average Bonchev–Trinajstić information content (AvgIpc) is 2.03. The van der Waals surface area contributed by atoms with Gasteiger partial charge in [0.1, 0.15) is 0 Å². The van der Waals surface area contributed by atoms with Gasteiger partial charge in [0.2, 0.25) is 0 Å². The molecule has 6 heteroatoms. The van der Waals surface area contributed by atoms with Crippen LogP contribution in [0.4, 0.5) is 13.2 Å². The summed E-state index contributed by atoms with van der Waals surface area (Å²) in [4.78, 5) is 0. The summed E-state index contributed by atoms with van der Waals surface area (Å²) in [5, 5.41) is 0. The molecule has 0 heterocycles. The minimum absolute atomic E-state index is 0. The molecule has 1 aromatic carbocycles. The molecule has 1 radical (unpaired) electrons. The van der Waals surface area contributed by atoms with Crippen LogP contribution in [0.3, 0.4) is 0 Å². The van der Waals surface area contributed by atoms with Crippen LogP contribution in [0, 0.1) is 13.5 Å². The van der Waals surface area contributed by atoms with Crippen LogP contribution in [0.15, 0.2) is 16.6 Å². The molecule has 1 rings (SSSR count). The molecule has 0 aliphatic rings. The van der Waals surface area contributed by atoms with E-state index in [1.807, 2.05) is 0 Å². The van der Waals surface area contributed by atoms with Crippen molar-refractivity contribution in [3.05, 3.63) is 35.7 Å². The molecule has 83 valence electrons. The van der Waals surface area contributed by atoms with Crippen LogP contribution in [-0.4, -0.2) is 7.11 Å². The Morgan fingerprint density at radius 3 is 2.33 bits per heavy atom. The minimum atomic E-state index is -4.38. The molecule has 1 aromatic rings. The van der Waals surface area contributed by atoms with Crippen molar-refractivity contribution in [2.45, 2.75) is 6.18 Å². The van der Waals surface area contributed by atoms with E-state index in [1.54, 1.807) is 0 Å². The number of ether oxygens (including phenoxy) is 1. The molecular weight excluding hydrogens is 350 g/mol. The normalized spacial score (nSPS) is 9.93. The van der Waals surface area contributed by atoms with E-state index in [9.17, 15) is 13.2 Å². The van der Waals surface area contributed by atoms with E-state index in [0.717, 1.165) is 6.07 Å². The van der Waals surface area contributed by atoms with Crippen LogP contribution in [0.2, 0.25) is 0 Å². The van der Waals surface area contributed by atoms with E-state index in [2.05, 4.69) is 22.0 Å². The second-order valence-electron chi connectivity index (χ2n) is 2.26. The summed E-state index contributed by atoms with van der Waals surface area (Å²) in [7, 11) is 1.31. The van der Waals surface area contributed by atoms with Crippen molar-refractivity contribution in [1.82, 2.24) is 0 Å². The fourth-order valence-electron chi connectivity index (χ4n) is 0.774. The van der Waals surface area contributed by atoms with Gasteiger partial charge in [0.05, 0.1) is 7.11 Å². The molecular formula is C9H8BrF3OY-2. The number of hydrogen-bond donors (Lipinski definition) is 0. The molecule has 0 aliphatic heterocycles. The van der Waals surface area contributed by atoms with Gasteiger partial charge in [-0.2, -0.15) is 25.3 Å². The first-order valence-electron chi connectivity index (χ1n) is 3.27. The van der Waals surface area contributed by atoms with Crippen molar-refractivity contribution < 1.29 is 50.6 Å². The van der Waals surface area contributed by atoms with E-state index < -0.39 is 11.7 Å². The maximum absolute atomic E-state index is 12.1. The summed E-state index contributed by atoms with van der Waals surface area (Å²) in [5.41, 5.74) is -0.840. The predicted octanol–water partition coefficient (Wildman–Crippen LogP) is 3.72. The standard InChI is InChI=1S/C8H5BrF3O.CH3.Y/c1-13-7-4-5(8(10,11)12)2-3-6(7)9;;/h3-4H,1H3;1H3;/q2*-1;. The topological polar surface area (TPSA) is 9.23 Å². The third-order valence-corrected chi connectivity index (χ3v) is 2.01. The average molecular weight is 358 g/mol. The smallest absolute Gasteiger partial charge is 0.394 e. The quantitative estimate of drug-likeness (QED) is 0.696. The van der Waals surface area contributed by atoms with Gasteiger partial charge >= 0.3 is 6.18 Å². The van der Waals surface area contributed by atoms with Crippen LogP contribution < -0.4 is 4.74 Å². The summed E-state index contributed by atoms with van der Waals surface area (Å²) in [6.45, 7) is 0. The monoisotopic (exact) mass is 357 g/mol. The Labute approximate surface area is 120 Å². The molecule has 0 saturated carbocycles. The van der Waals surface area contributed by atoms with Crippen molar-refractivity contribution in [3.8, 4) is 5.75 Å². The van der Waals surface area contributed by atoms with Gasteiger partial charge in [-0.05, 0) is 0 Å². The number of methoxy groups -OCH3 is 1. The third kappa shape index (κ3) is 4.83. The summed E-state index contributed by atoms with van der Waals surface area (Å²) >= 11 is 3.03. The molecule has 0 unspecified atom stereocenters. The molecule has 0 fully saturated rings. The fraction of sp³-hybridized carbons (Fsp3) is 0.222. The molecule has 1 nitrogen and oxygen atoms in total. The molecule has 0 spiro atoms. The van der Waals surface area contributed by atoms with Crippen molar-refractivity contribution in [3.63, 3.8) is 0 Å². The van der Waals surface area contributed by atoms with Crippen molar-refractivity contribution in [1.29, 1.82) is 0 Å². The zero-order valence-corrected chi connectivity index (χ0v) is 12.6. The first-order chi connectivity index (χ1) is 5.95. The first-order valence-corrected chi connectivity index (χ1v) is 4.07. The van der Waals surface area contributed by atoms with E-state index in [-0.39, 0.29) is 45.9 Å². The van der Waals surface area contributed by atoms with Gasteiger partial charge in [0.25, 0.3) is 0 Å². The van der Waals surface area contributed by atoms with E-state index >= 15 is 0 Å². The van der Waals surface area contributed by atoms with Crippen molar-refractivity contribution in [2.75, 3.05) is 7.11 Å². The maximum atomic E-state index is 12.1. The number of hydrogen-bond acceptors (Lipinski definition) is 1. The van der Waals surface area contributed by atoms with Crippen LogP contribution in [0.1, 0.15) is 5.56 Å². The first kappa shape index (κ1) is 17.8. The molecule has 0 amide bonds. The Balaban J connectivity index is 0. The molecule has 0 atom stereocenters. The summed E-state index contributed by atoms with van der Waals surface area (Å²) in [6, 6.07) is 4.17. The Hall–Kier alpha value is 0.394. The predicted molar refractivity (Wildman–Crippen MR) is 50.9 cm³/mol. The van der Waals surface area contributed by atoms with Gasteiger partial charge in [-0.25, -0.2) is 0 Å². The molecule has 0 bridgehead atoms.